The lowest BCUT2D eigenvalue weighted by Gasteiger charge is -2.11. The fourth-order valence-electron chi connectivity index (χ4n) is 3.14. The normalized spacial score (nSPS) is 11.0. The molecule has 0 saturated carbocycles. The summed E-state index contributed by atoms with van der Waals surface area (Å²) in [6, 6.07) is 18.8. The first-order valence-corrected chi connectivity index (χ1v) is 11.1. The Kier molecular flexibility index (Phi) is 8.67. The summed E-state index contributed by atoms with van der Waals surface area (Å²) in [7, 11) is 3.20. The van der Waals surface area contributed by atoms with Gasteiger partial charge in [-0.3, -0.25) is 4.79 Å². The number of halogens is 1. The molecule has 0 aromatic heterocycles. The van der Waals surface area contributed by atoms with Crippen molar-refractivity contribution in [2.75, 3.05) is 20.8 Å². The number of ether oxygens (including phenoxy) is 3. The number of carbonyl (C=O) groups excluding carboxylic acids is 1. The van der Waals surface area contributed by atoms with E-state index < -0.39 is 0 Å². The van der Waals surface area contributed by atoms with Gasteiger partial charge in [0.2, 0.25) is 0 Å². The highest BCUT2D eigenvalue weighted by Gasteiger charge is 2.10. The van der Waals surface area contributed by atoms with Gasteiger partial charge < -0.3 is 14.2 Å². The SMILES string of the molecule is C=CCOc1ccc(/C=C/c2cc(OC)cc(OC)c2/C=C/C(=O)c2cccc(Br)c2)cc1. The molecule has 0 saturated heterocycles. The Hall–Kier alpha value is -3.57. The molecule has 3 rings (SSSR count). The van der Waals surface area contributed by atoms with E-state index in [9.17, 15) is 4.79 Å². The molecule has 0 aliphatic heterocycles. The van der Waals surface area contributed by atoms with Crippen LogP contribution in [0.4, 0.5) is 0 Å². The molecule has 0 heterocycles. The van der Waals surface area contributed by atoms with Gasteiger partial charge in [0.05, 0.1) is 14.2 Å². The quantitative estimate of drug-likeness (QED) is 0.128. The molecule has 0 amide bonds. The molecule has 33 heavy (non-hydrogen) atoms. The highest BCUT2D eigenvalue weighted by atomic mass is 79.9. The van der Waals surface area contributed by atoms with Gasteiger partial charge in [0.25, 0.3) is 0 Å². The smallest absolute Gasteiger partial charge is 0.185 e. The number of ketones is 1. The van der Waals surface area contributed by atoms with Gasteiger partial charge in [-0.2, -0.15) is 0 Å². The van der Waals surface area contributed by atoms with E-state index in [0.717, 1.165) is 26.9 Å². The zero-order chi connectivity index (χ0) is 23.6. The molecule has 0 spiro atoms. The maximum Gasteiger partial charge on any atom is 0.185 e. The first-order valence-electron chi connectivity index (χ1n) is 10.3. The number of allylic oxidation sites excluding steroid dienone is 1. The molecule has 4 nitrogen and oxygen atoms in total. The molecule has 3 aromatic rings. The lowest BCUT2D eigenvalue weighted by atomic mass is 10.0. The minimum Gasteiger partial charge on any atom is -0.497 e. The van der Waals surface area contributed by atoms with Gasteiger partial charge in [-0.15, -0.1) is 0 Å². The molecule has 0 radical (unpaired) electrons. The lowest BCUT2D eigenvalue weighted by molar-refractivity contribution is 0.104. The van der Waals surface area contributed by atoms with Crippen molar-refractivity contribution >= 4 is 39.9 Å². The molecule has 0 N–H and O–H groups in total. The van der Waals surface area contributed by atoms with E-state index in [2.05, 4.69) is 22.5 Å². The number of rotatable bonds is 10. The number of methoxy groups -OCH3 is 2. The van der Waals surface area contributed by atoms with E-state index in [1.165, 1.54) is 0 Å². The van der Waals surface area contributed by atoms with Crippen molar-refractivity contribution < 1.29 is 19.0 Å². The third kappa shape index (κ3) is 6.70. The van der Waals surface area contributed by atoms with Gasteiger partial charge in [-0.25, -0.2) is 0 Å². The molecule has 0 atom stereocenters. The fourth-order valence-corrected chi connectivity index (χ4v) is 3.54. The summed E-state index contributed by atoms with van der Waals surface area (Å²) in [4.78, 5) is 12.7. The standard InChI is InChI=1S/C28H25BrO4/c1-4-16-33-24-12-9-20(10-13-24)8-11-21-18-25(31-2)19-28(32-3)26(21)14-15-27(30)22-6-5-7-23(29)17-22/h4-15,17-19H,1,16H2,2-3H3/b11-8+,15-14+. The summed E-state index contributed by atoms with van der Waals surface area (Å²) in [6.07, 6.45) is 8.98. The molecule has 0 bridgehead atoms. The number of hydrogen-bond donors (Lipinski definition) is 0. The zero-order valence-corrected chi connectivity index (χ0v) is 20.2. The Balaban J connectivity index is 1.92. The summed E-state index contributed by atoms with van der Waals surface area (Å²) in [5, 5.41) is 0. The van der Waals surface area contributed by atoms with Crippen molar-refractivity contribution in [2.24, 2.45) is 0 Å². The Morgan fingerprint density at radius 2 is 1.73 bits per heavy atom. The Labute approximate surface area is 202 Å². The van der Waals surface area contributed by atoms with Crippen molar-refractivity contribution in [2.45, 2.75) is 0 Å². The number of carbonyl (C=O) groups is 1. The predicted octanol–water partition coefficient (Wildman–Crippen LogP) is 7.10. The van der Waals surface area contributed by atoms with Crippen molar-refractivity contribution in [3.8, 4) is 17.2 Å². The van der Waals surface area contributed by atoms with Gasteiger partial charge in [0, 0.05) is 21.7 Å². The summed E-state index contributed by atoms with van der Waals surface area (Å²) >= 11 is 3.40. The predicted molar refractivity (Wildman–Crippen MR) is 138 cm³/mol. The van der Waals surface area contributed by atoms with Crippen LogP contribution in [0.15, 0.2) is 83.9 Å². The van der Waals surface area contributed by atoms with Gasteiger partial charge in [-0.05, 0) is 53.6 Å². The van der Waals surface area contributed by atoms with Crippen LogP contribution in [0.25, 0.3) is 18.2 Å². The van der Waals surface area contributed by atoms with Crippen LogP contribution in [0.3, 0.4) is 0 Å². The molecule has 0 unspecified atom stereocenters. The lowest BCUT2D eigenvalue weighted by Crippen LogP contribution is -1.96. The van der Waals surface area contributed by atoms with Crippen LogP contribution in [0.5, 0.6) is 17.2 Å². The fraction of sp³-hybridized carbons (Fsp3) is 0.107. The van der Waals surface area contributed by atoms with E-state index >= 15 is 0 Å². The summed E-state index contributed by atoms with van der Waals surface area (Å²) in [5.74, 6) is 1.96. The van der Waals surface area contributed by atoms with Gasteiger partial charge in [0.1, 0.15) is 23.9 Å². The second-order valence-corrected chi connectivity index (χ2v) is 7.96. The zero-order valence-electron chi connectivity index (χ0n) is 18.6. The van der Waals surface area contributed by atoms with Crippen LogP contribution in [-0.2, 0) is 0 Å². The molecule has 5 heteroatoms. The Bertz CT molecular complexity index is 1180. The van der Waals surface area contributed by atoms with E-state index in [4.69, 9.17) is 14.2 Å². The summed E-state index contributed by atoms with van der Waals surface area (Å²) in [6.45, 7) is 4.12. The highest BCUT2D eigenvalue weighted by molar-refractivity contribution is 9.10. The number of hydrogen-bond acceptors (Lipinski definition) is 4. The summed E-state index contributed by atoms with van der Waals surface area (Å²) < 4.78 is 17.4. The third-order valence-corrected chi connectivity index (χ3v) is 5.31. The van der Waals surface area contributed by atoms with Crippen molar-refractivity contribution in [3.05, 3.63) is 106 Å². The first kappa shape index (κ1) is 24.1. The largest absolute Gasteiger partial charge is 0.497 e. The van der Waals surface area contributed by atoms with E-state index in [1.54, 1.807) is 50.6 Å². The molecule has 168 valence electrons. The van der Waals surface area contributed by atoms with Crippen molar-refractivity contribution in [1.29, 1.82) is 0 Å². The minimum atomic E-state index is -0.0980. The second kappa shape index (κ2) is 11.9. The van der Waals surface area contributed by atoms with E-state index in [-0.39, 0.29) is 5.78 Å². The molecular weight excluding hydrogens is 480 g/mol. The van der Waals surface area contributed by atoms with Crippen LogP contribution in [0, 0.1) is 0 Å². The molecule has 0 aliphatic carbocycles. The molecule has 0 fully saturated rings. The van der Waals surface area contributed by atoms with Crippen molar-refractivity contribution in [3.63, 3.8) is 0 Å². The van der Waals surface area contributed by atoms with Crippen LogP contribution in [0.1, 0.15) is 27.0 Å². The maximum absolute atomic E-state index is 12.7. The van der Waals surface area contributed by atoms with Crippen LogP contribution in [-0.4, -0.2) is 26.6 Å². The third-order valence-electron chi connectivity index (χ3n) is 4.82. The minimum absolute atomic E-state index is 0.0980. The second-order valence-electron chi connectivity index (χ2n) is 7.04. The monoisotopic (exact) mass is 504 g/mol. The average molecular weight is 505 g/mol. The van der Waals surface area contributed by atoms with Crippen LogP contribution in [0.2, 0.25) is 0 Å². The van der Waals surface area contributed by atoms with Crippen LogP contribution >= 0.6 is 15.9 Å². The van der Waals surface area contributed by atoms with E-state index in [1.807, 2.05) is 54.6 Å². The Morgan fingerprint density at radius 1 is 0.939 bits per heavy atom. The molecule has 0 aliphatic rings. The molecule has 3 aromatic carbocycles. The van der Waals surface area contributed by atoms with E-state index in [0.29, 0.717) is 23.7 Å². The van der Waals surface area contributed by atoms with Gasteiger partial charge in [-0.1, -0.05) is 65.0 Å². The molecular formula is C28H25BrO4. The maximum atomic E-state index is 12.7. The highest BCUT2D eigenvalue weighted by Crippen LogP contribution is 2.31. The van der Waals surface area contributed by atoms with Crippen LogP contribution < -0.4 is 14.2 Å². The number of benzene rings is 3. The van der Waals surface area contributed by atoms with Gasteiger partial charge >= 0.3 is 0 Å². The first-order chi connectivity index (χ1) is 16.0. The topological polar surface area (TPSA) is 44.8 Å². The summed E-state index contributed by atoms with van der Waals surface area (Å²) in [5.41, 5.74) is 3.24. The Morgan fingerprint density at radius 3 is 2.39 bits per heavy atom. The average Bonchev–Trinajstić information content (AvgIpc) is 2.85. The van der Waals surface area contributed by atoms with Gasteiger partial charge in [0.15, 0.2) is 5.78 Å². The van der Waals surface area contributed by atoms with Crippen molar-refractivity contribution in [1.82, 2.24) is 0 Å².